The van der Waals surface area contributed by atoms with Gasteiger partial charge in [0.25, 0.3) is 0 Å². The van der Waals surface area contributed by atoms with E-state index < -0.39 is 5.97 Å². The number of hydrogen-bond acceptors (Lipinski definition) is 4. The molecule has 0 aliphatic rings. The maximum Gasteiger partial charge on any atom is 0.341 e. The number of ether oxygens (including phenoxy) is 2. The first-order valence-corrected chi connectivity index (χ1v) is 4.42. The largest absolute Gasteiger partial charge is 0.496 e. The summed E-state index contributed by atoms with van der Waals surface area (Å²) in [5.74, 6) is -0.0782. The van der Waals surface area contributed by atoms with Crippen LogP contribution < -0.4 is 4.74 Å². The smallest absolute Gasteiger partial charge is 0.341 e. The third kappa shape index (κ3) is 2.34. The van der Waals surface area contributed by atoms with Gasteiger partial charge < -0.3 is 14.3 Å². The van der Waals surface area contributed by atoms with Gasteiger partial charge in [-0.2, -0.15) is 0 Å². The molecule has 0 saturated carbocycles. The zero-order valence-electron chi connectivity index (χ0n) is 8.65. The van der Waals surface area contributed by atoms with Crippen LogP contribution in [0.15, 0.2) is 18.2 Å². The Kier molecular flexibility index (Phi) is 3.85. The van der Waals surface area contributed by atoms with Crippen LogP contribution in [0.25, 0.3) is 0 Å². The first kappa shape index (κ1) is 11.2. The highest BCUT2D eigenvalue weighted by Crippen LogP contribution is 2.23. The summed E-state index contributed by atoms with van der Waals surface area (Å²) < 4.78 is 9.67. The van der Waals surface area contributed by atoms with Crippen LogP contribution in [0.5, 0.6) is 5.75 Å². The summed E-state index contributed by atoms with van der Waals surface area (Å²) in [7, 11) is 2.76. The molecular formula is C11H12O4. The minimum atomic E-state index is -0.496. The molecule has 0 atom stereocenters. The average molecular weight is 208 g/mol. The second-order valence-corrected chi connectivity index (χ2v) is 2.86. The number of aldehydes is 1. The lowest BCUT2D eigenvalue weighted by Crippen LogP contribution is -2.08. The molecule has 0 radical (unpaired) electrons. The van der Waals surface area contributed by atoms with Crippen LogP contribution in [0.2, 0.25) is 0 Å². The molecule has 0 amide bonds. The summed E-state index contributed by atoms with van der Waals surface area (Å²) in [6.45, 7) is 0. The minimum absolute atomic E-state index is 0.168. The SMILES string of the molecule is COC(=O)c1c(CC=O)cccc1OC. The molecular weight excluding hydrogens is 196 g/mol. The number of hydrogen-bond donors (Lipinski definition) is 0. The summed E-state index contributed by atoms with van der Waals surface area (Å²) in [4.78, 5) is 21.9. The van der Waals surface area contributed by atoms with E-state index in [0.717, 1.165) is 6.29 Å². The van der Waals surface area contributed by atoms with Crippen molar-refractivity contribution in [3.63, 3.8) is 0 Å². The zero-order chi connectivity index (χ0) is 11.3. The molecule has 0 unspecified atom stereocenters. The van der Waals surface area contributed by atoms with Gasteiger partial charge in [0.05, 0.1) is 14.2 Å². The van der Waals surface area contributed by atoms with Gasteiger partial charge in [-0.15, -0.1) is 0 Å². The zero-order valence-corrected chi connectivity index (χ0v) is 8.65. The standard InChI is InChI=1S/C11H12O4/c1-14-9-5-3-4-8(6-7-12)10(9)11(13)15-2/h3-5,7H,6H2,1-2H3. The van der Waals surface area contributed by atoms with E-state index in [1.807, 2.05) is 0 Å². The predicted octanol–water partition coefficient (Wildman–Crippen LogP) is 1.22. The Morgan fingerprint density at radius 1 is 1.40 bits per heavy atom. The van der Waals surface area contributed by atoms with Crippen LogP contribution in [-0.2, 0) is 16.0 Å². The van der Waals surface area contributed by atoms with Crippen LogP contribution in [0.1, 0.15) is 15.9 Å². The predicted molar refractivity (Wildman–Crippen MR) is 54.1 cm³/mol. The lowest BCUT2D eigenvalue weighted by Gasteiger charge is -2.09. The van der Waals surface area contributed by atoms with E-state index in [1.54, 1.807) is 18.2 Å². The molecule has 4 heteroatoms. The fourth-order valence-electron chi connectivity index (χ4n) is 1.34. The Morgan fingerprint density at radius 2 is 2.13 bits per heavy atom. The lowest BCUT2D eigenvalue weighted by atomic mass is 10.0. The van der Waals surface area contributed by atoms with Crippen molar-refractivity contribution in [1.82, 2.24) is 0 Å². The van der Waals surface area contributed by atoms with Crippen molar-refractivity contribution >= 4 is 12.3 Å². The summed E-state index contributed by atoms with van der Waals surface area (Å²) in [5.41, 5.74) is 0.922. The second kappa shape index (κ2) is 5.14. The number of methoxy groups -OCH3 is 2. The average Bonchev–Trinajstić information content (AvgIpc) is 2.28. The van der Waals surface area contributed by atoms with Crippen LogP contribution in [0.3, 0.4) is 0 Å². The summed E-state index contributed by atoms with van der Waals surface area (Å²) in [6, 6.07) is 5.08. The molecule has 0 fully saturated rings. The number of carbonyl (C=O) groups is 2. The van der Waals surface area contributed by atoms with Crippen molar-refractivity contribution in [2.24, 2.45) is 0 Å². The maximum absolute atomic E-state index is 11.5. The fraction of sp³-hybridized carbons (Fsp3) is 0.273. The van der Waals surface area contributed by atoms with E-state index in [4.69, 9.17) is 4.74 Å². The number of benzene rings is 1. The molecule has 0 saturated heterocycles. The van der Waals surface area contributed by atoms with E-state index in [2.05, 4.69) is 4.74 Å². The highest BCUT2D eigenvalue weighted by atomic mass is 16.5. The van der Waals surface area contributed by atoms with Crippen molar-refractivity contribution in [3.05, 3.63) is 29.3 Å². The van der Waals surface area contributed by atoms with Crippen LogP contribution >= 0.6 is 0 Å². The van der Waals surface area contributed by atoms with Gasteiger partial charge in [0, 0.05) is 6.42 Å². The van der Waals surface area contributed by atoms with E-state index in [-0.39, 0.29) is 6.42 Å². The van der Waals surface area contributed by atoms with Crippen molar-refractivity contribution in [2.75, 3.05) is 14.2 Å². The molecule has 0 spiro atoms. The normalized spacial score (nSPS) is 9.47. The van der Waals surface area contributed by atoms with Gasteiger partial charge >= 0.3 is 5.97 Å². The number of rotatable bonds is 4. The number of esters is 1. The molecule has 4 nitrogen and oxygen atoms in total. The first-order chi connectivity index (χ1) is 7.24. The van der Waals surface area contributed by atoms with Crippen molar-refractivity contribution in [3.8, 4) is 5.75 Å². The first-order valence-electron chi connectivity index (χ1n) is 4.42. The van der Waals surface area contributed by atoms with Gasteiger partial charge in [0.15, 0.2) is 0 Å². The highest BCUT2D eigenvalue weighted by Gasteiger charge is 2.16. The quantitative estimate of drug-likeness (QED) is 0.551. The van der Waals surface area contributed by atoms with Gasteiger partial charge in [-0.25, -0.2) is 4.79 Å². The molecule has 0 aromatic heterocycles. The molecule has 1 aromatic carbocycles. The summed E-state index contributed by atoms with van der Waals surface area (Å²) in [6.07, 6.45) is 0.906. The van der Waals surface area contributed by atoms with Crippen LogP contribution in [0.4, 0.5) is 0 Å². The van der Waals surface area contributed by atoms with Crippen LogP contribution in [-0.4, -0.2) is 26.5 Å². The summed E-state index contributed by atoms with van der Waals surface area (Å²) in [5, 5.41) is 0. The number of carbonyl (C=O) groups excluding carboxylic acids is 2. The summed E-state index contributed by atoms with van der Waals surface area (Å²) >= 11 is 0. The van der Waals surface area contributed by atoms with Crippen molar-refractivity contribution in [2.45, 2.75) is 6.42 Å². The molecule has 15 heavy (non-hydrogen) atoms. The van der Waals surface area contributed by atoms with Gasteiger partial charge in [-0.1, -0.05) is 12.1 Å². The lowest BCUT2D eigenvalue weighted by molar-refractivity contribution is -0.107. The van der Waals surface area contributed by atoms with Gasteiger partial charge in [-0.05, 0) is 11.6 Å². The topological polar surface area (TPSA) is 52.6 Å². The third-order valence-corrected chi connectivity index (χ3v) is 2.03. The van der Waals surface area contributed by atoms with Gasteiger partial charge in [0.2, 0.25) is 0 Å². The highest BCUT2D eigenvalue weighted by molar-refractivity contribution is 5.94. The van der Waals surface area contributed by atoms with E-state index in [0.29, 0.717) is 16.9 Å². The van der Waals surface area contributed by atoms with Crippen LogP contribution in [0, 0.1) is 0 Å². The Hall–Kier alpha value is -1.84. The van der Waals surface area contributed by atoms with Crippen molar-refractivity contribution in [1.29, 1.82) is 0 Å². The third-order valence-electron chi connectivity index (χ3n) is 2.03. The van der Waals surface area contributed by atoms with E-state index >= 15 is 0 Å². The fourth-order valence-corrected chi connectivity index (χ4v) is 1.34. The van der Waals surface area contributed by atoms with Gasteiger partial charge in [-0.3, -0.25) is 0 Å². The maximum atomic E-state index is 11.5. The Labute approximate surface area is 87.8 Å². The van der Waals surface area contributed by atoms with E-state index in [1.165, 1.54) is 14.2 Å². The monoisotopic (exact) mass is 208 g/mol. The van der Waals surface area contributed by atoms with Gasteiger partial charge in [0.1, 0.15) is 17.6 Å². The molecule has 0 N–H and O–H groups in total. The Morgan fingerprint density at radius 3 is 2.67 bits per heavy atom. The minimum Gasteiger partial charge on any atom is -0.496 e. The Balaban J connectivity index is 3.25. The molecule has 80 valence electrons. The second-order valence-electron chi connectivity index (χ2n) is 2.86. The molecule has 0 bridgehead atoms. The molecule has 0 heterocycles. The molecule has 0 aliphatic heterocycles. The Bertz CT molecular complexity index is 371. The molecule has 1 aromatic rings. The molecule has 0 aliphatic carbocycles. The van der Waals surface area contributed by atoms with Crippen molar-refractivity contribution < 1.29 is 19.1 Å². The van der Waals surface area contributed by atoms with E-state index in [9.17, 15) is 9.59 Å². The molecule has 1 rings (SSSR count).